The Morgan fingerprint density at radius 3 is 3.00 bits per heavy atom. The number of nitrogens with zero attached hydrogens (tertiary/aromatic N) is 2. The molecule has 0 aromatic carbocycles. The summed E-state index contributed by atoms with van der Waals surface area (Å²) in [5, 5.41) is 9.52. The lowest BCUT2D eigenvalue weighted by Crippen LogP contribution is -2.02. The van der Waals surface area contributed by atoms with Crippen LogP contribution >= 0.6 is 0 Å². The van der Waals surface area contributed by atoms with E-state index in [0.29, 0.717) is 5.69 Å². The van der Waals surface area contributed by atoms with Gasteiger partial charge in [-0.2, -0.15) is 15.4 Å². The zero-order valence-corrected chi connectivity index (χ0v) is 6.00. The van der Waals surface area contributed by atoms with E-state index < -0.39 is 5.97 Å². The summed E-state index contributed by atoms with van der Waals surface area (Å²) in [6.45, 7) is 3.47. The Morgan fingerprint density at radius 2 is 2.55 bits per heavy atom. The summed E-state index contributed by atoms with van der Waals surface area (Å²) in [5.74, 6) is -0.501. The first kappa shape index (κ1) is 7.46. The summed E-state index contributed by atoms with van der Waals surface area (Å²) in [6, 6.07) is 0. The molecule has 0 aliphatic carbocycles. The summed E-state index contributed by atoms with van der Waals surface area (Å²) < 4.78 is 4.42. The van der Waals surface area contributed by atoms with Gasteiger partial charge in [0, 0.05) is 0 Å². The Balaban J connectivity index is 2.79. The van der Waals surface area contributed by atoms with Gasteiger partial charge in [0.1, 0.15) is 5.69 Å². The molecule has 0 bridgehead atoms. The van der Waals surface area contributed by atoms with E-state index in [1.165, 1.54) is 13.3 Å². The quantitative estimate of drug-likeness (QED) is 0.479. The molecule has 0 aliphatic rings. The van der Waals surface area contributed by atoms with E-state index in [1.54, 1.807) is 0 Å². The SMILES string of the molecule is C=C(C(=O)OC)c1cn[nH]n1. The molecular formula is C6H7N3O2. The third-order valence-electron chi connectivity index (χ3n) is 1.16. The predicted octanol–water partition coefficient (Wildman–Crippen LogP) is -0.00910. The fourth-order valence-corrected chi connectivity index (χ4v) is 0.575. The molecule has 1 aromatic heterocycles. The van der Waals surface area contributed by atoms with E-state index >= 15 is 0 Å². The summed E-state index contributed by atoms with van der Waals surface area (Å²) in [7, 11) is 1.29. The van der Waals surface area contributed by atoms with Crippen molar-refractivity contribution in [2.24, 2.45) is 0 Å². The van der Waals surface area contributed by atoms with E-state index in [1.807, 2.05) is 0 Å². The molecule has 1 heterocycles. The highest BCUT2D eigenvalue weighted by Crippen LogP contribution is 2.07. The molecule has 0 unspecified atom stereocenters. The van der Waals surface area contributed by atoms with E-state index in [9.17, 15) is 4.79 Å². The zero-order chi connectivity index (χ0) is 8.27. The number of hydrogen-bond donors (Lipinski definition) is 1. The molecular weight excluding hydrogens is 146 g/mol. The second kappa shape index (κ2) is 2.96. The van der Waals surface area contributed by atoms with Gasteiger partial charge >= 0.3 is 5.97 Å². The van der Waals surface area contributed by atoms with Crippen molar-refractivity contribution >= 4 is 11.5 Å². The van der Waals surface area contributed by atoms with Gasteiger partial charge in [-0.05, 0) is 0 Å². The van der Waals surface area contributed by atoms with Gasteiger partial charge in [-0.25, -0.2) is 4.79 Å². The van der Waals surface area contributed by atoms with Crippen LogP contribution in [0.5, 0.6) is 0 Å². The minimum Gasteiger partial charge on any atom is -0.465 e. The number of nitrogens with one attached hydrogen (secondary N) is 1. The molecule has 1 N–H and O–H groups in total. The van der Waals surface area contributed by atoms with Gasteiger partial charge in [0.05, 0.1) is 18.9 Å². The Bertz CT molecular complexity index is 265. The molecule has 1 aromatic rings. The Kier molecular flexibility index (Phi) is 2.00. The van der Waals surface area contributed by atoms with Crippen molar-refractivity contribution in [2.45, 2.75) is 0 Å². The van der Waals surface area contributed by atoms with E-state index in [4.69, 9.17) is 0 Å². The molecule has 0 saturated carbocycles. The van der Waals surface area contributed by atoms with Crippen LogP contribution in [0, 0.1) is 0 Å². The molecule has 0 atom stereocenters. The highest BCUT2D eigenvalue weighted by atomic mass is 16.5. The third kappa shape index (κ3) is 1.43. The molecule has 0 saturated heterocycles. The highest BCUT2D eigenvalue weighted by molar-refractivity contribution is 6.14. The van der Waals surface area contributed by atoms with Crippen LogP contribution in [0.4, 0.5) is 0 Å². The molecule has 0 spiro atoms. The normalized spacial score (nSPS) is 9.18. The molecule has 1 rings (SSSR count). The van der Waals surface area contributed by atoms with Crippen molar-refractivity contribution in [3.05, 3.63) is 18.5 Å². The smallest absolute Gasteiger partial charge is 0.339 e. The summed E-state index contributed by atoms with van der Waals surface area (Å²) in [5.41, 5.74) is 0.595. The fourth-order valence-electron chi connectivity index (χ4n) is 0.575. The topological polar surface area (TPSA) is 67.9 Å². The number of ether oxygens (including phenoxy) is 1. The fraction of sp³-hybridized carbons (Fsp3) is 0.167. The lowest BCUT2D eigenvalue weighted by atomic mass is 10.2. The number of rotatable bonds is 2. The van der Waals surface area contributed by atoms with Crippen molar-refractivity contribution in [3.63, 3.8) is 0 Å². The number of H-pyrrole nitrogens is 1. The average Bonchev–Trinajstić information content (AvgIpc) is 2.53. The maximum Gasteiger partial charge on any atom is 0.339 e. The standard InChI is InChI=1S/C6H7N3O2/c1-4(6(10)11-2)5-3-7-9-8-5/h3H,1H2,2H3,(H,7,8,9). The predicted molar refractivity (Wildman–Crippen MR) is 37.4 cm³/mol. The summed E-state index contributed by atoms with van der Waals surface area (Å²) >= 11 is 0. The molecule has 58 valence electrons. The van der Waals surface area contributed by atoms with Gasteiger partial charge < -0.3 is 4.74 Å². The van der Waals surface area contributed by atoms with Crippen molar-refractivity contribution in [3.8, 4) is 0 Å². The summed E-state index contributed by atoms with van der Waals surface area (Å²) in [6.07, 6.45) is 1.40. The molecule has 0 aliphatic heterocycles. The Labute approximate surface area is 63.1 Å². The van der Waals surface area contributed by atoms with Crippen molar-refractivity contribution in [2.75, 3.05) is 7.11 Å². The lowest BCUT2D eigenvalue weighted by Gasteiger charge is -1.96. The van der Waals surface area contributed by atoms with Crippen LogP contribution in [0.15, 0.2) is 12.8 Å². The lowest BCUT2D eigenvalue weighted by molar-refractivity contribution is -0.133. The van der Waals surface area contributed by atoms with Gasteiger partial charge in [-0.15, -0.1) is 0 Å². The van der Waals surface area contributed by atoms with E-state index in [0.717, 1.165) is 0 Å². The minimum absolute atomic E-state index is 0.196. The first-order valence-electron chi connectivity index (χ1n) is 2.89. The van der Waals surface area contributed by atoms with Crippen molar-refractivity contribution < 1.29 is 9.53 Å². The molecule has 5 heteroatoms. The van der Waals surface area contributed by atoms with Crippen molar-refractivity contribution in [1.29, 1.82) is 0 Å². The Morgan fingerprint density at radius 1 is 1.82 bits per heavy atom. The number of aromatic nitrogens is 3. The van der Waals surface area contributed by atoms with Gasteiger partial charge in [0.2, 0.25) is 0 Å². The highest BCUT2D eigenvalue weighted by Gasteiger charge is 2.10. The number of methoxy groups -OCH3 is 1. The van der Waals surface area contributed by atoms with Gasteiger partial charge in [0.15, 0.2) is 0 Å². The first-order chi connectivity index (χ1) is 5.25. The monoisotopic (exact) mass is 153 g/mol. The second-order valence-corrected chi connectivity index (χ2v) is 1.83. The van der Waals surface area contributed by atoms with Crippen molar-refractivity contribution in [1.82, 2.24) is 15.4 Å². The number of esters is 1. The van der Waals surface area contributed by atoms with Crippen LogP contribution in [-0.4, -0.2) is 28.5 Å². The van der Waals surface area contributed by atoms with Crippen LogP contribution in [0.1, 0.15) is 5.69 Å². The summed E-state index contributed by atoms with van der Waals surface area (Å²) in [4.78, 5) is 10.8. The number of aromatic amines is 1. The van der Waals surface area contributed by atoms with Gasteiger partial charge in [-0.3, -0.25) is 0 Å². The molecule has 11 heavy (non-hydrogen) atoms. The average molecular weight is 153 g/mol. The molecule has 0 radical (unpaired) electrons. The van der Waals surface area contributed by atoms with Crippen LogP contribution in [-0.2, 0) is 9.53 Å². The van der Waals surface area contributed by atoms with E-state index in [2.05, 4.69) is 26.7 Å². The second-order valence-electron chi connectivity index (χ2n) is 1.83. The first-order valence-corrected chi connectivity index (χ1v) is 2.89. The maximum absolute atomic E-state index is 10.8. The third-order valence-corrected chi connectivity index (χ3v) is 1.16. The largest absolute Gasteiger partial charge is 0.465 e. The number of hydrogen-bond acceptors (Lipinski definition) is 4. The Hall–Kier alpha value is -1.65. The molecule has 0 fully saturated rings. The number of carbonyl (C=O) groups is 1. The van der Waals surface area contributed by atoms with Crippen LogP contribution in [0.2, 0.25) is 0 Å². The molecule has 0 amide bonds. The van der Waals surface area contributed by atoms with Crippen LogP contribution in [0.25, 0.3) is 5.57 Å². The van der Waals surface area contributed by atoms with Crippen LogP contribution in [0.3, 0.4) is 0 Å². The van der Waals surface area contributed by atoms with Gasteiger partial charge in [-0.1, -0.05) is 6.58 Å². The van der Waals surface area contributed by atoms with E-state index in [-0.39, 0.29) is 5.57 Å². The minimum atomic E-state index is -0.501. The maximum atomic E-state index is 10.8. The van der Waals surface area contributed by atoms with Gasteiger partial charge in [0.25, 0.3) is 0 Å². The van der Waals surface area contributed by atoms with Crippen LogP contribution < -0.4 is 0 Å². The zero-order valence-electron chi connectivity index (χ0n) is 6.00. The number of carbonyl (C=O) groups excluding carboxylic acids is 1. The molecule has 5 nitrogen and oxygen atoms in total.